The largest absolute Gasteiger partial charge is 0.508 e. The predicted molar refractivity (Wildman–Crippen MR) is 74.3 cm³/mol. The zero-order valence-corrected chi connectivity index (χ0v) is 11.5. The van der Waals surface area contributed by atoms with E-state index in [2.05, 4.69) is 0 Å². The number of phenols is 1. The van der Waals surface area contributed by atoms with E-state index < -0.39 is 12.0 Å². The number of rotatable bonds is 5. The zero-order valence-electron chi connectivity index (χ0n) is 11.5. The zero-order chi connectivity index (χ0) is 14.4. The molecule has 1 saturated heterocycles. The maximum atomic E-state index is 11.8. The van der Waals surface area contributed by atoms with Crippen molar-refractivity contribution in [2.45, 2.75) is 37.8 Å². The van der Waals surface area contributed by atoms with Gasteiger partial charge in [-0.15, -0.1) is 0 Å². The minimum absolute atomic E-state index is 0.00794. The number of hydrogen-bond donors (Lipinski definition) is 2. The van der Waals surface area contributed by atoms with Gasteiger partial charge in [0.25, 0.3) is 0 Å². The lowest BCUT2D eigenvalue weighted by Gasteiger charge is -2.22. The Morgan fingerprint density at radius 1 is 1.40 bits per heavy atom. The molecule has 2 atom stereocenters. The molecule has 5 heteroatoms. The van der Waals surface area contributed by atoms with E-state index >= 15 is 0 Å². The van der Waals surface area contributed by atoms with Gasteiger partial charge < -0.3 is 20.3 Å². The molecule has 1 aromatic carbocycles. The third kappa shape index (κ3) is 4.51. The Labute approximate surface area is 118 Å². The summed E-state index contributed by atoms with van der Waals surface area (Å²) in [6, 6.07) is 5.94. The van der Waals surface area contributed by atoms with Gasteiger partial charge in [-0.2, -0.15) is 0 Å². The number of carbonyl (C=O) groups excluding carboxylic acids is 1. The molecule has 0 spiro atoms. The molecule has 5 nitrogen and oxygen atoms in total. The summed E-state index contributed by atoms with van der Waals surface area (Å²) in [6.07, 6.45) is 3.52. The quantitative estimate of drug-likeness (QED) is 0.796. The Bertz CT molecular complexity index is 426. The first-order valence-electron chi connectivity index (χ1n) is 6.97. The summed E-state index contributed by atoms with van der Waals surface area (Å²) < 4.78 is 10.7. The summed E-state index contributed by atoms with van der Waals surface area (Å²) in [7, 11) is 0. The smallest absolute Gasteiger partial charge is 0.323 e. The number of nitrogens with two attached hydrogens (primary N) is 1. The Morgan fingerprint density at radius 3 is 2.80 bits per heavy atom. The van der Waals surface area contributed by atoms with Gasteiger partial charge in [0.05, 0.1) is 6.10 Å². The fourth-order valence-corrected chi connectivity index (χ4v) is 2.19. The molecule has 1 aromatic rings. The fourth-order valence-electron chi connectivity index (χ4n) is 2.19. The molecule has 1 heterocycles. The number of hydrogen-bond acceptors (Lipinski definition) is 5. The standard InChI is InChI=1S/C15H21NO4/c16-14(9-11-4-6-12(17)7-5-11)15(18)20-10-13-3-1-2-8-19-13/h4-7,13-14,17H,1-3,8-10,16H2/t13?,14-/m0/s1. The molecule has 3 N–H and O–H groups in total. The molecule has 1 fully saturated rings. The average Bonchev–Trinajstić information content (AvgIpc) is 2.48. The second-order valence-corrected chi connectivity index (χ2v) is 5.10. The molecule has 0 saturated carbocycles. The molecule has 1 unspecified atom stereocenters. The molecule has 0 amide bonds. The minimum Gasteiger partial charge on any atom is -0.508 e. The van der Waals surface area contributed by atoms with Gasteiger partial charge in [0.2, 0.25) is 0 Å². The van der Waals surface area contributed by atoms with Crippen molar-refractivity contribution in [3.63, 3.8) is 0 Å². The van der Waals surface area contributed by atoms with Gasteiger partial charge in [0, 0.05) is 6.61 Å². The van der Waals surface area contributed by atoms with Crippen molar-refractivity contribution in [3.8, 4) is 5.75 Å². The highest BCUT2D eigenvalue weighted by atomic mass is 16.6. The van der Waals surface area contributed by atoms with Crippen molar-refractivity contribution < 1.29 is 19.4 Å². The van der Waals surface area contributed by atoms with Crippen LogP contribution < -0.4 is 5.73 Å². The number of benzene rings is 1. The van der Waals surface area contributed by atoms with Gasteiger partial charge in [0.1, 0.15) is 18.4 Å². The summed E-state index contributed by atoms with van der Waals surface area (Å²) in [5.74, 6) is -0.216. The Balaban J connectivity index is 1.75. The first-order chi connectivity index (χ1) is 9.65. The van der Waals surface area contributed by atoms with Crippen LogP contribution in [0.2, 0.25) is 0 Å². The van der Waals surface area contributed by atoms with E-state index in [1.807, 2.05) is 0 Å². The van der Waals surface area contributed by atoms with Crippen molar-refractivity contribution in [1.82, 2.24) is 0 Å². The Kier molecular flexibility index (Phi) is 5.38. The van der Waals surface area contributed by atoms with Crippen LogP contribution in [0.4, 0.5) is 0 Å². The van der Waals surface area contributed by atoms with E-state index in [1.165, 1.54) is 0 Å². The third-order valence-electron chi connectivity index (χ3n) is 3.38. The summed E-state index contributed by atoms with van der Waals surface area (Å²) in [5.41, 5.74) is 6.72. The van der Waals surface area contributed by atoms with Crippen LogP contribution >= 0.6 is 0 Å². The average molecular weight is 279 g/mol. The number of aromatic hydroxyl groups is 1. The van der Waals surface area contributed by atoms with Crippen LogP contribution in [-0.4, -0.2) is 36.4 Å². The van der Waals surface area contributed by atoms with Crippen LogP contribution in [0.3, 0.4) is 0 Å². The molecule has 0 radical (unpaired) electrons. The van der Waals surface area contributed by atoms with Gasteiger partial charge in [-0.1, -0.05) is 12.1 Å². The summed E-state index contributed by atoms with van der Waals surface area (Å²) >= 11 is 0. The number of carbonyl (C=O) groups is 1. The maximum Gasteiger partial charge on any atom is 0.323 e. The minimum atomic E-state index is -0.692. The van der Waals surface area contributed by atoms with E-state index in [9.17, 15) is 9.90 Å². The maximum absolute atomic E-state index is 11.8. The molecule has 0 bridgehead atoms. The third-order valence-corrected chi connectivity index (χ3v) is 3.38. The van der Waals surface area contributed by atoms with Crippen LogP contribution in [0, 0.1) is 0 Å². The van der Waals surface area contributed by atoms with Gasteiger partial charge in [-0.25, -0.2) is 0 Å². The first kappa shape index (κ1) is 14.8. The number of ether oxygens (including phenoxy) is 2. The lowest BCUT2D eigenvalue weighted by Crippen LogP contribution is -2.36. The van der Waals surface area contributed by atoms with Gasteiger partial charge in [-0.3, -0.25) is 4.79 Å². The van der Waals surface area contributed by atoms with E-state index in [0.717, 1.165) is 31.4 Å². The molecular formula is C15H21NO4. The topological polar surface area (TPSA) is 81.8 Å². The summed E-state index contributed by atoms with van der Waals surface area (Å²) in [6.45, 7) is 1.02. The highest BCUT2D eigenvalue weighted by molar-refractivity contribution is 5.75. The Morgan fingerprint density at radius 2 is 2.15 bits per heavy atom. The number of esters is 1. The van der Waals surface area contributed by atoms with Gasteiger partial charge >= 0.3 is 5.97 Å². The van der Waals surface area contributed by atoms with E-state index in [-0.39, 0.29) is 18.5 Å². The van der Waals surface area contributed by atoms with Crippen LogP contribution in [0.5, 0.6) is 5.75 Å². The van der Waals surface area contributed by atoms with Crippen LogP contribution in [0.1, 0.15) is 24.8 Å². The Hall–Kier alpha value is -1.59. The molecular weight excluding hydrogens is 258 g/mol. The van der Waals surface area contributed by atoms with Crippen LogP contribution in [0.25, 0.3) is 0 Å². The van der Waals surface area contributed by atoms with E-state index in [4.69, 9.17) is 15.2 Å². The van der Waals surface area contributed by atoms with E-state index in [0.29, 0.717) is 6.42 Å². The number of phenolic OH excluding ortho intramolecular Hbond substituents is 1. The van der Waals surface area contributed by atoms with Crippen molar-refractivity contribution >= 4 is 5.97 Å². The normalized spacial score (nSPS) is 20.4. The van der Waals surface area contributed by atoms with Crippen molar-refractivity contribution in [3.05, 3.63) is 29.8 Å². The van der Waals surface area contributed by atoms with E-state index in [1.54, 1.807) is 24.3 Å². The van der Waals surface area contributed by atoms with Crippen molar-refractivity contribution in [2.75, 3.05) is 13.2 Å². The molecule has 110 valence electrons. The van der Waals surface area contributed by atoms with Crippen molar-refractivity contribution in [2.24, 2.45) is 5.73 Å². The van der Waals surface area contributed by atoms with Crippen LogP contribution in [0.15, 0.2) is 24.3 Å². The monoisotopic (exact) mass is 279 g/mol. The molecule has 2 rings (SSSR count). The molecule has 20 heavy (non-hydrogen) atoms. The van der Waals surface area contributed by atoms with Gasteiger partial charge in [0.15, 0.2) is 0 Å². The van der Waals surface area contributed by atoms with Crippen LogP contribution in [-0.2, 0) is 20.7 Å². The summed E-state index contributed by atoms with van der Waals surface area (Å²) in [4.78, 5) is 11.8. The molecule has 1 aliphatic rings. The van der Waals surface area contributed by atoms with Gasteiger partial charge in [-0.05, 0) is 43.4 Å². The fraction of sp³-hybridized carbons (Fsp3) is 0.533. The highest BCUT2D eigenvalue weighted by Crippen LogP contribution is 2.14. The second-order valence-electron chi connectivity index (χ2n) is 5.10. The SMILES string of the molecule is N[C@@H](Cc1ccc(O)cc1)C(=O)OCC1CCCCO1. The van der Waals surface area contributed by atoms with Crippen molar-refractivity contribution in [1.29, 1.82) is 0 Å². The second kappa shape index (κ2) is 7.26. The predicted octanol–water partition coefficient (Wildman–Crippen LogP) is 1.37. The lowest BCUT2D eigenvalue weighted by molar-refractivity contribution is -0.150. The lowest BCUT2D eigenvalue weighted by atomic mass is 10.1. The summed E-state index contributed by atoms with van der Waals surface area (Å²) in [5, 5.41) is 9.19. The highest BCUT2D eigenvalue weighted by Gasteiger charge is 2.20. The molecule has 1 aliphatic heterocycles. The molecule has 0 aromatic heterocycles. The first-order valence-corrected chi connectivity index (χ1v) is 6.97. The molecule has 0 aliphatic carbocycles.